The topological polar surface area (TPSA) is 66.4 Å². The number of carboxylic acid groups (broad SMARTS) is 1. The lowest BCUT2D eigenvalue weighted by atomic mass is 10.0. The van der Waals surface area contributed by atoms with Gasteiger partial charge in [-0.25, -0.2) is 4.79 Å². The third kappa shape index (κ3) is 5.67. The molecule has 0 aromatic carbocycles. The molecular weight excluding hydrogens is 214 g/mol. The molecule has 0 spiro atoms. The molecule has 1 atom stereocenters. The van der Waals surface area contributed by atoms with E-state index in [2.05, 4.69) is 17.9 Å². The lowest BCUT2D eigenvalue weighted by Gasteiger charge is -2.22. The molecule has 1 amide bonds. The van der Waals surface area contributed by atoms with Crippen LogP contribution in [0.3, 0.4) is 0 Å². The number of carbonyl (C=O) groups excluding carboxylic acids is 1. The van der Waals surface area contributed by atoms with Gasteiger partial charge in [-0.15, -0.1) is 0 Å². The van der Waals surface area contributed by atoms with E-state index in [0.29, 0.717) is 6.42 Å². The van der Waals surface area contributed by atoms with Crippen molar-refractivity contribution < 1.29 is 14.7 Å². The highest BCUT2D eigenvalue weighted by atomic mass is 32.1. The normalized spacial score (nSPS) is 13.7. The Bertz CT molecular complexity index is 246. The van der Waals surface area contributed by atoms with Crippen molar-refractivity contribution in [3.8, 4) is 0 Å². The number of carboxylic acids is 1. The first-order valence-electron chi connectivity index (χ1n) is 4.90. The van der Waals surface area contributed by atoms with Gasteiger partial charge < -0.3 is 10.4 Å². The number of nitrogens with one attached hydrogen (secondary N) is 1. The number of hydrogen-bond donors (Lipinski definition) is 3. The number of hydrogen-bond acceptors (Lipinski definition) is 3. The summed E-state index contributed by atoms with van der Waals surface area (Å²) in [6.07, 6.45) is 0.422. The summed E-state index contributed by atoms with van der Waals surface area (Å²) in [6.45, 7) is 7.07. The molecule has 0 rings (SSSR count). The molecule has 2 N–H and O–H groups in total. The quantitative estimate of drug-likeness (QED) is 0.627. The van der Waals surface area contributed by atoms with Crippen LogP contribution >= 0.6 is 12.6 Å². The van der Waals surface area contributed by atoms with Crippen LogP contribution in [0.1, 0.15) is 34.1 Å². The summed E-state index contributed by atoms with van der Waals surface area (Å²) in [7, 11) is 0. The van der Waals surface area contributed by atoms with Gasteiger partial charge in [0.05, 0.1) is 4.75 Å². The Morgan fingerprint density at radius 3 is 2.13 bits per heavy atom. The largest absolute Gasteiger partial charge is 0.480 e. The predicted octanol–water partition coefficient (Wildman–Crippen LogP) is 1.31. The zero-order valence-electron chi connectivity index (χ0n) is 9.57. The van der Waals surface area contributed by atoms with Gasteiger partial charge in [0.1, 0.15) is 6.04 Å². The van der Waals surface area contributed by atoms with Gasteiger partial charge >= 0.3 is 5.97 Å². The zero-order chi connectivity index (χ0) is 12.2. The third-order valence-corrected chi connectivity index (χ3v) is 2.07. The van der Waals surface area contributed by atoms with E-state index in [0.717, 1.165) is 0 Å². The van der Waals surface area contributed by atoms with Gasteiger partial charge in [0.2, 0.25) is 5.91 Å². The minimum absolute atomic E-state index is 0.217. The van der Waals surface area contributed by atoms with E-state index >= 15 is 0 Å². The van der Waals surface area contributed by atoms with E-state index < -0.39 is 16.8 Å². The molecule has 0 aliphatic rings. The van der Waals surface area contributed by atoms with Crippen molar-refractivity contribution >= 4 is 24.5 Å². The minimum Gasteiger partial charge on any atom is -0.480 e. The molecule has 0 aromatic heterocycles. The van der Waals surface area contributed by atoms with Gasteiger partial charge in [0.15, 0.2) is 0 Å². The van der Waals surface area contributed by atoms with Crippen LogP contribution in [-0.4, -0.2) is 27.8 Å². The second-order valence-electron chi connectivity index (χ2n) is 4.55. The number of thiol groups is 1. The molecule has 1 unspecified atom stereocenters. The summed E-state index contributed by atoms with van der Waals surface area (Å²) in [6, 6.07) is -0.830. The van der Waals surface area contributed by atoms with Crippen molar-refractivity contribution in [2.75, 3.05) is 0 Å². The van der Waals surface area contributed by atoms with Gasteiger partial charge in [-0.3, -0.25) is 4.79 Å². The molecule has 0 aliphatic carbocycles. The number of aliphatic carboxylic acids is 1. The highest BCUT2D eigenvalue weighted by molar-refractivity contribution is 7.82. The van der Waals surface area contributed by atoms with Crippen LogP contribution in [0.5, 0.6) is 0 Å². The first-order valence-corrected chi connectivity index (χ1v) is 5.35. The first kappa shape index (κ1) is 14.3. The molecule has 88 valence electrons. The van der Waals surface area contributed by atoms with Crippen LogP contribution in [0.4, 0.5) is 0 Å². The van der Waals surface area contributed by atoms with E-state index in [4.69, 9.17) is 5.11 Å². The lowest BCUT2D eigenvalue weighted by Crippen LogP contribution is -2.47. The van der Waals surface area contributed by atoms with Gasteiger partial charge in [-0.2, -0.15) is 12.6 Å². The molecule has 0 saturated carbocycles. The van der Waals surface area contributed by atoms with Crippen LogP contribution in [0.15, 0.2) is 0 Å². The molecule has 0 radical (unpaired) electrons. The second kappa shape index (κ2) is 5.39. The fourth-order valence-electron chi connectivity index (χ4n) is 1.03. The summed E-state index contributed by atoms with van der Waals surface area (Å²) in [5.74, 6) is -1.15. The van der Waals surface area contributed by atoms with E-state index in [1.54, 1.807) is 13.8 Å². The van der Waals surface area contributed by atoms with Crippen LogP contribution in [0, 0.1) is 5.92 Å². The maximum Gasteiger partial charge on any atom is 0.326 e. The average molecular weight is 233 g/mol. The van der Waals surface area contributed by atoms with E-state index in [-0.39, 0.29) is 11.8 Å². The fourth-order valence-corrected chi connectivity index (χ4v) is 1.09. The Morgan fingerprint density at radius 2 is 1.87 bits per heavy atom. The summed E-state index contributed by atoms with van der Waals surface area (Å²) >= 11 is 4.08. The molecular formula is C10H19NO3S. The van der Waals surface area contributed by atoms with Crippen LogP contribution in [0.25, 0.3) is 0 Å². The highest BCUT2D eigenvalue weighted by Gasteiger charge is 2.28. The molecule has 0 aliphatic heterocycles. The average Bonchev–Trinajstić information content (AvgIpc) is 1.99. The molecule has 15 heavy (non-hydrogen) atoms. The first-order chi connectivity index (χ1) is 6.64. The number of amides is 1. The van der Waals surface area contributed by atoms with Gasteiger partial charge in [-0.05, 0) is 26.2 Å². The Labute approximate surface area is 95.8 Å². The smallest absolute Gasteiger partial charge is 0.326 e. The van der Waals surface area contributed by atoms with Crippen molar-refractivity contribution in [3.63, 3.8) is 0 Å². The fraction of sp³-hybridized carbons (Fsp3) is 0.800. The van der Waals surface area contributed by atoms with E-state index in [9.17, 15) is 9.59 Å². The minimum atomic E-state index is -1.00. The van der Waals surface area contributed by atoms with Crippen LogP contribution in [0.2, 0.25) is 0 Å². The Kier molecular flexibility index (Phi) is 5.14. The van der Waals surface area contributed by atoms with Crippen molar-refractivity contribution in [1.82, 2.24) is 5.32 Å². The summed E-state index contributed by atoms with van der Waals surface area (Å²) in [4.78, 5) is 22.4. The van der Waals surface area contributed by atoms with Crippen molar-refractivity contribution in [1.29, 1.82) is 0 Å². The number of carbonyl (C=O) groups is 2. The van der Waals surface area contributed by atoms with E-state index in [1.807, 2.05) is 13.8 Å². The maximum atomic E-state index is 11.5. The monoisotopic (exact) mass is 233 g/mol. The Hall–Kier alpha value is -0.710. The molecule has 0 aromatic rings. The Morgan fingerprint density at radius 1 is 1.40 bits per heavy atom. The molecule has 4 nitrogen and oxygen atoms in total. The summed E-state index contributed by atoms with van der Waals surface area (Å²) < 4.78 is -0.856. The van der Waals surface area contributed by atoms with Crippen molar-refractivity contribution in [2.24, 2.45) is 5.92 Å². The SMILES string of the molecule is CC(C)CC(NC(=O)C(C)(C)S)C(=O)O. The standard InChI is InChI=1S/C10H19NO3S/c1-6(2)5-7(8(12)13)11-9(14)10(3,4)15/h6-7,15H,5H2,1-4H3,(H,11,14)(H,12,13). The second-order valence-corrected chi connectivity index (χ2v) is 5.67. The van der Waals surface area contributed by atoms with Gasteiger partial charge in [-0.1, -0.05) is 13.8 Å². The summed E-state index contributed by atoms with van der Waals surface area (Å²) in [5.41, 5.74) is 0. The maximum absolute atomic E-state index is 11.5. The van der Waals surface area contributed by atoms with Crippen LogP contribution < -0.4 is 5.32 Å². The van der Waals surface area contributed by atoms with Gasteiger partial charge in [0, 0.05) is 0 Å². The molecule has 0 fully saturated rings. The molecule has 5 heteroatoms. The van der Waals surface area contributed by atoms with Gasteiger partial charge in [0.25, 0.3) is 0 Å². The molecule has 0 heterocycles. The predicted molar refractivity (Wildman–Crippen MR) is 62.1 cm³/mol. The van der Waals surface area contributed by atoms with Crippen LogP contribution in [-0.2, 0) is 9.59 Å². The van der Waals surface area contributed by atoms with E-state index in [1.165, 1.54) is 0 Å². The lowest BCUT2D eigenvalue weighted by molar-refractivity contribution is -0.142. The van der Waals surface area contributed by atoms with Crippen molar-refractivity contribution in [3.05, 3.63) is 0 Å². The molecule has 0 bridgehead atoms. The Balaban J connectivity index is 4.43. The number of rotatable bonds is 5. The zero-order valence-corrected chi connectivity index (χ0v) is 10.5. The highest BCUT2D eigenvalue weighted by Crippen LogP contribution is 2.13. The van der Waals surface area contributed by atoms with Crippen molar-refractivity contribution in [2.45, 2.75) is 44.9 Å². The molecule has 0 saturated heterocycles. The summed E-state index contributed by atoms with van der Waals surface area (Å²) in [5, 5.41) is 11.4. The third-order valence-electron chi connectivity index (χ3n) is 1.87.